The van der Waals surface area contributed by atoms with Crippen molar-refractivity contribution in [2.75, 3.05) is 5.75 Å². The summed E-state index contributed by atoms with van der Waals surface area (Å²) >= 11 is 1.99. The molecule has 1 N–H and O–H groups in total. The van der Waals surface area contributed by atoms with Crippen molar-refractivity contribution in [2.45, 2.75) is 37.5 Å². The van der Waals surface area contributed by atoms with E-state index in [1.807, 2.05) is 28.6 Å². The Morgan fingerprint density at radius 3 is 3.12 bits per heavy atom. The Morgan fingerprint density at radius 2 is 2.44 bits per heavy atom. The van der Waals surface area contributed by atoms with Crippen LogP contribution in [0.2, 0.25) is 0 Å². The van der Waals surface area contributed by atoms with E-state index in [9.17, 15) is 4.79 Å². The molecule has 1 saturated carbocycles. The number of thioether (sulfide) groups is 1. The summed E-state index contributed by atoms with van der Waals surface area (Å²) in [5.74, 6) is 0.325. The predicted molar refractivity (Wildman–Crippen MR) is 66.2 cm³/mol. The molecule has 2 unspecified atom stereocenters. The topological polar surface area (TPSA) is 42.2 Å². The monoisotopic (exact) mass is 239 g/mol. The van der Waals surface area contributed by atoms with Gasteiger partial charge in [0.15, 0.2) is 0 Å². The second kappa shape index (κ2) is 4.95. The Labute approximate surface area is 99.8 Å². The lowest BCUT2D eigenvalue weighted by Crippen LogP contribution is -2.12. The Hall–Kier alpha value is -0.900. The molecule has 2 atom stereocenters. The molecule has 1 aromatic heterocycles. The standard InChI is InChI=1S/C12H17NO2S/c1-2-16-10-6-5-9(8-10)13-7-3-4-11(13)12(14)15/h3-4,7,9-10H,2,5-6,8H2,1H3,(H,14,15). The first-order valence-corrected chi connectivity index (χ1v) is 6.79. The third kappa shape index (κ3) is 2.26. The molecule has 0 radical (unpaired) electrons. The summed E-state index contributed by atoms with van der Waals surface area (Å²) in [5.41, 5.74) is 0.423. The van der Waals surface area contributed by atoms with Crippen molar-refractivity contribution in [2.24, 2.45) is 0 Å². The SMILES string of the molecule is CCSC1CCC(n2cccc2C(=O)O)C1. The summed E-state index contributed by atoms with van der Waals surface area (Å²) < 4.78 is 1.93. The van der Waals surface area contributed by atoms with Crippen LogP contribution in [0.3, 0.4) is 0 Å². The molecule has 0 saturated heterocycles. The number of carboxylic acids is 1. The van der Waals surface area contributed by atoms with E-state index in [2.05, 4.69) is 6.92 Å². The smallest absolute Gasteiger partial charge is 0.352 e. The Balaban J connectivity index is 2.08. The average Bonchev–Trinajstić information content (AvgIpc) is 2.83. The van der Waals surface area contributed by atoms with Crippen molar-refractivity contribution in [3.63, 3.8) is 0 Å². The maximum atomic E-state index is 11.0. The number of aromatic nitrogens is 1. The third-order valence-corrected chi connectivity index (χ3v) is 4.38. The van der Waals surface area contributed by atoms with E-state index in [0.29, 0.717) is 17.0 Å². The molecule has 1 aliphatic rings. The van der Waals surface area contributed by atoms with E-state index in [1.165, 1.54) is 6.42 Å². The normalized spacial score (nSPS) is 24.8. The highest BCUT2D eigenvalue weighted by Gasteiger charge is 2.27. The maximum absolute atomic E-state index is 11.0. The van der Waals surface area contributed by atoms with Crippen molar-refractivity contribution >= 4 is 17.7 Å². The van der Waals surface area contributed by atoms with Crippen molar-refractivity contribution in [3.05, 3.63) is 24.0 Å². The molecular formula is C12H17NO2S. The highest BCUT2D eigenvalue weighted by Crippen LogP contribution is 2.37. The number of aromatic carboxylic acids is 1. The molecule has 0 bridgehead atoms. The number of hydrogen-bond acceptors (Lipinski definition) is 2. The van der Waals surface area contributed by atoms with E-state index in [0.717, 1.165) is 18.6 Å². The fourth-order valence-electron chi connectivity index (χ4n) is 2.45. The van der Waals surface area contributed by atoms with Gasteiger partial charge >= 0.3 is 5.97 Å². The van der Waals surface area contributed by atoms with Gasteiger partial charge in [0.2, 0.25) is 0 Å². The summed E-state index contributed by atoms with van der Waals surface area (Å²) in [7, 11) is 0. The van der Waals surface area contributed by atoms with Crippen molar-refractivity contribution < 1.29 is 9.90 Å². The second-order valence-corrected chi connectivity index (χ2v) is 5.73. The van der Waals surface area contributed by atoms with E-state index in [1.54, 1.807) is 6.07 Å². The number of nitrogens with zero attached hydrogens (tertiary/aromatic N) is 1. The van der Waals surface area contributed by atoms with Crippen LogP contribution >= 0.6 is 11.8 Å². The highest BCUT2D eigenvalue weighted by atomic mass is 32.2. The fourth-order valence-corrected chi connectivity index (χ4v) is 3.58. The molecule has 1 aromatic rings. The molecule has 2 rings (SSSR count). The zero-order chi connectivity index (χ0) is 11.5. The van der Waals surface area contributed by atoms with Gasteiger partial charge in [-0.25, -0.2) is 4.79 Å². The lowest BCUT2D eigenvalue weighted by atomic mass is 10.2. The molecule has 4 heteroatoms. The van der Waals surface area contributed by atoms with Crippen LogP contribution in [0.25, 0.3) is 0 Å². The van der Waals surface area contributed by atoms with Gasteiger partial charge in [0.1, 0.15) is 5.69 Å². The van der Waals surface area contributed by atoms with Gasteiger partial charge < -0.3 is 9.67 Å². The van der Waals surface area contributed by atoms with Gasteiger partial charge in [0.05, 0.1) is 0 Å². The summed E-state index contributed by atoms with van der Waals surface area (Å²) in [4.78, 5) is 11.0. The lowest BCUT2D eigenvalue weighted by Gasteiger charge is -2.15. The minimum absolute atomic E-state index is 0.380. The van der Waals surface area contributed by atoms with Crippen LogP contribution in [0.1, 0.15) is 42.7 Å². The molecule has 16 heavy (non-hydrogen) atoms. The zero-order valence-corrected chi connectivity index (χ0v) is 10.2. The molecule has 1 aliphatic carbocycles. The van der Waals surface area contributed by atoms with Crippen molar-refractivity contribution in [1.82, 2.24) is 4.57 Å². The van der Waals surface area contributed by atoms with Gasteiger partial charge in [-0.15, -0.1) is 0 Å². The summed E-state index contributed by atoms with van der Waals surface area (Å²) in [6.45, 7) is 2.18. The van der Waals surface area contributed by atoms with Crippen LogP contribution < -0.4 is 0 Å². The number of hydrogen-bond donors (Lipinski definition) is 1. The molecule has 1 heterocycles. The quantitative estimate of drug-likeness (QED) is 0.878. The maximum Gasteiger partial charge on any atom is 0.352 e. The van der Waals surface area contributed by atoms with Crippen LogP contribution in [0.15, 0.2) is 18.3 Å². The van der Waals surface area contributed by atoms with Crippen molar-refractivity contribution in [3.8, 4) is 0 Å². The first-order chi connectivity index (χ1) is 7.72. The van der Waals surface area contributed by atoms with Gasteiger partial charge in [-0.1, -0.05) is 6.92 Å². The minimum Gasteiger partial charge on any atom is -0.477 e. The summed E-state index contributed by atoms with van der Waals surface area (Å²) in [6, 6.07) is 3.89. The Bertz CT molecular complexity index is 375. The van der Waals surface area contributed by atoms with Gasteiger partial charge in [-0.3, -0.25) is 0 Å². The Morgan fingerprint density at radius 1 is 1.62 bits per heavy atom. The van der Waals surface area contributed by atoms with E-state index in [-0.39, 0.29) is 0 Å². The molecule has 0 aromatic carbocycles. The largest absolute Gasteiger partial charge is 0.477 e. The summed E-state index contributed by atoms with van der Waals surface area (Å²) in [5, 5.41) is 9.77. The van der Waals surface area contributed by atoms with Gasteiger partial charge in [0, 0.05) is 17.5 Å². The van der Waals surface area contributed by atoms with Gasteiger partial charge in [-0.05, 0) is 37.1 Å². The molecule has 0 aliphatic heterocycles. The molecule has 1 fully saturated rings. The first kappa shape index (κ1) is 11.6. The fraction of sp³-hybridized carbons (Fsp3) is 0.583. The van der Waals surface area contributed by atoms with Crippen LogP contribution in [0, 0.1) is 0 Å². The van der Waals surface area contributed by atoms with Crippen LogP contribution in [-0.4, -0.2) is 26.6 Å². The second-order valence-electron chi connectivity index (χ2n) is 4.15. The van der Waals surface area contributed by atoms with Gasteiger partial charge in [0.25, 0.3) is 0 Å². The van der Waals surface area contributed by atoms with Crippen molar-refractivity contribution in [1.29, 1.82) is 0 Å². The predicted octanol–water partition coefficient (Wildman–Crippen LogP) is 3.03. The molecular weight excluding hydrogens is 222 g/mol. The van der Waals surface area contributed by atoms with Crippen LogP contribution in [-0.2, 0) is 0 Å². The number of carboxylic acid groups (broad SMARTS) is 1. The zero-order valence-electron chi connectivity index (χ0n) is 9.43. The number of carbonyl (C=O) groups is 1. The number of rotatable bonds is 4. The molecule has 88 valence electrons. The van der Waals surface area contributed by atoms with E-state index >= 15 is 0 Å². The molecule has 0 spiro atoms. The van der Waals surface area contributed by atoms with E-state index in [4.69, 9.17) is 5.11 Å². The van der Waals surface area contributed by atoms with Crippen LogP contribution in [0.5, 0.6) is 0 Å². The third-order valence-electron chi connectivity index (χ3n) is 3.15. The minimum atomic E-state index is -0.823. The lowest BCUT2D eigenvalue weighted by molar-refractivity contribution is 0.0682. The molecule has 0 amide bonds. The first-order valence-electron chi connectivity index (χ1n) is 5.74. The summed E-state index contributed by atoms with van der Waals surface area (Å²) in [6.07, 6.45) is 5.31. The van der Waals surface area contributed by atoms with Gasteiger partial charge in [-0.2, -0.15) is 11.8 Å². The molecule has 3 nitrogen and oxygen atoms in total. The highest BCUT2D eigenvalue weighted by molar-refractivity contribution is 7.99. The van der Waals surface area contributed by atoms with Crippen LogP contribution in [0.4, 0.5) is 0 Å². The van der Waals surface area contributed by atoms with E-state index < -0.39 is 5.97 Å². The Kier molecular flexibility index (Phi) is 3.59. The average molecular weight is 239 g/mol.